The molecule has 1 aromatic rings. The summed E-state index contributed by atoms with van der Waals surface area (Å²) in [6, 6.07) is -3.76. The van der Waals surface area contributed by atoms with E-state index in [0.29, 0.717) is 6.42 Å². The molecule has 1 aromatic heterocycles. The predicted molar refractivity (Wildman–Crippen MR) is 85.3 cm³/mol. The van der Waals surface area contributed by atoms with Crippen LogP contribution in [0, 0.1) is 5.92 Å². The lowest BCUT2D eigenvalue weighted by Gasteiger charge is -2.23. The van der Waals surface area contributed by atoms with Gasteiger partial charge in [-0.3, -0.25) is 0 Å². The van der Waals surface area contributed by atoms with E-state index in [-0.39, 0.29) is 24.2 Å². The average Bonchev–Trinajstić information content (AvgIpc) is 3.05. The molecule has 7 N–H and O–H groups in total. The number of aliphatic hydroxyl groups is 2. The molecule has 0 aromatic carbocycles. The number of aromatic nitrogens is 2. The molecule has 0 radical (unpaired) electrons. The van der Waals surface area contributed by atoms with Crippen LogP contribution >= 0.6 is 0 Å². The first kappa shape index (κ1) is 20.8. The van der Waals surface area contributed by atoms with E-state index in [4.69, 9.17) is 20.5 Å². The van der Waals surface area contributed by atoms with Crippen molar-refractivity contribution in [3.8, 4) is 0 Å². The van der Waals surface area contributed by atoms with Gasteiger partial charge in [-0.2, -0.15) is 4.98 Å². The number of rotatable bonds is 9. The fourth-order valence-corrected chi connectivity index (χ4v) is 2.00. The van der Waals surface area contributed by atoms with Gasteiger partial charge in [0, 0.05) is 0 Å². The molecule has 0 fully saturated rings. The fourth-order valence-electron chi connectivity index (χ4n) is 2.00. The number of hydrogen-bond acceptors (Lipinski definition) is 8. The Morgan fingerprint density at radius 1 is 1.32 bits per heavy atom. The minimum absolute atomic E-state index is 0.0901. The number of aliphatic carboxylic acids is 1. The van der Waals surface area contributed by atoms with E-state index in [1.54, 1.807) is 0 Å². The van der Waals surface area contributed by atoms with Crippen molar-refractivity contribution in [2.45, 2.75) is 51.4 Å². The van der Waals surface area contributed by atoms with E-state index in [9.17, 15) is 14.7 Å². The topological polar surface area (TPSA) is 184 Å². The second-order valence-electron chi connectivity index (χ2n) is 5.82. The maximum absolute atomic E-state index is 12.1. The molecule has 0 aliphatic carbocycles. The molecule has 2 amide bonds. The summed E-state index contributed by atoms with van der Waals surface area (Å²) in [6.07, 6.45) is -0.615. The van der Waals surface area contributed by atoms with Crippen LogP contribution in [0.3, 0.4) is 0 Å². The van der Waals surface area contributed by atoms with Crippen molar-refractivity contribution in [2.24, 2.45) is 11.7 Å². The van der Waals surface area contributed by atoms with Crippen LogP contribution in [0.25, 0.3) is 0 Å². The summed E-state index contributed by atoms with van der Waals surface area (Å²) in [4.78, 5) is 27.2. The Morgan fingerprint density at radius 2 is 1.96 bits per heavy atom. The van der Waals surface area contributed by atoms with E-state index >= 15 is 0 Å². The standard InChI is InChI=1S/C14H25N5O6/c1-4-6(2)9(12-18-11(19-25-12)8(15)5-20)16-14(24)17-10(7(3)21)13(22)23/h6-10,20-21H,4-5,15H2,1-3H3,(H,22,23)(H2,16,17,24)/t6-,7+,8-,9?,10-/m0/s1. The van der Waals surface area contributed by atoms with Gasteiger partial charge in [0.1, 0.15) is 6.04 Å². The largest absolute Gasteiger partial charge is 0.480 e. The monoisotopic (exact) mass is 359 g/mol. The van der Waals surface area contributed by atoms with Crippen molar-refractivity contribution in [1.29, 1.82) is 0 Å². The highest BCUT2D eigenvalue weighted by molar-refractivity contribution is 5.83. The van der Waals surface area contributed by atoms with Crippen molar-refractivity contribution in [1.82, 2.24) is 20.8 Å². The third kappa shape index (κ3) is 5.66. The summed E-state index contributed by atoms with van der Waals surface area (Å²) in [5.41, 5.74) is 5.62. The van der Waals surface area contributed by atoms with Crippen molar-refractivity contribution in [3.05, 3.63) is 11.7 Å². The van der Waals surface area contributed by atoms with E-state index in [0.717, 1.165) is 0 Å². The van der Waals surface area contributed by atoms with Crippen LogP contribution in [0.2, 0.25) is 0 Å². The third-order valence-corrected chi connectivity index (χ3v) is 3.79. The number of urea groups is 1. The Labute approximate surface area is 144 Å². The van der Waals surface area contributed by atoms with Gasteiger partial charge in [0.25, 0.3) is 0 Å². The van der Waals surface area contributed by atoms with Crippen molar-refractivity contribution >= 4 is 12.0 Å². The van der Waals surface area contributed by atoms with E-state index < -0.39 is 36.2 Å². The maximum Gasteiger partial charge on any atom is 0.328 e. The Kier molecular flexibility index (Phi) is 7.74. The summed E-state index contributed by atoms with van der Waals surface area (Å²) in [6.45, 7) is 4.62. The van der Waals surface area contributed by atoms with Crippen molar-refractivity contribution in [2.75, 3.05) is 6.61 Å². The van der Waals surface area contributed by atoms with Gasteiger partial charge in [-0.25, -0.2) is 9.59 Å². The molecule has 0 aliphatic heterocycles. The Balaban J connectivity index is 2.91. The minimum atomic E-state index is -1.46. The van der Waals surface area contributed by atoms with Crippen LogP contribution < -0.4 is 16.4 Å². The average molecular weight is 359 g/mol. The molecule has 0 spiro atoms. The van der Waals surface area contributed by atoms with E-state index in [1.165, 1.54) is 6.92 Å². The van der Waals surface area contributed by atoms with Crippen molar-refractivity contribution < 1.29 is 29.4 Å². The SMILES string of the molecule is CC[C@H](C)C(NC(=O)N[C@H](C(=O)O)[C@@H](C)O)c1nc([C@@H](N)CO)no1. The number of amides is 2. The second kappa shape index (κ2) is 9.30. The summed E-state index contributed by atoms with van der Waals surface area (Å²) >= 11 is 0. The summed E-state index contributed by atoms with van der Waals surface area (Å²) in [7, 11) is 0. The van der Waals surface area contributed by atoms with Gasteiger partial charge < -0.3 is 36.2 Å². The van der Waals surface area contributed by atoms with Gasteiger partial charge >= 0.3 is 12.0 Å². The molecule has 0 saturated carbocycles. The normalized spacial score (nSPS) is 17.2. The molecule has 0 bridgehead atoms. The molecule has 0 saturated heterocycles. The summed E-state index contributed by atoms with van der Waals surface area (Å²) < 4.78 is 5.11. The van der Waals surface area contributed by atoms with Crippen LogP contribution in [-0.2, 0) is 4.79 Å². The highest BCUT2D eigenvalue weighted by atomic mass is 16.5. The third-order valence-electron chi connectivity index (χ3n) is 3.79. The Hall–Kier alpha value is -2.24. The molecule has 1 heterocycles. The first-order chi connectivity index (χ1) is 11.7. The lowest BCUT2D eigenvalue weighted by Crippen LogP contribution is -2.52. The number of carboxylic acid groups (broad SMARTS) is 1. The zero-order valence-electron chi connectivity index (χ0n) is 14.3. The smallest absolute Gasteiger partial charge is 0.328 e. The van der Waals surface area contributed by atoms with Crippen LogP contribution in [-0.4, -0.2) is 56.2 Å². The lowest BCUT2D eigenvalue weighted by molar-refractivity contribution is -0.141. The minimum Gasteiger partial charge on any atom is -0.480 e. The number of carbonyl (C=O) groups excluding carboxylic acids is 1. The van der Waals surface area contributed by atoms with Gasteiger partial charge in [-0.15, -0.1) is 0 Å². The zero-order valence-corrected chi connectivity index (χ0v) is 14.3. The van der Waals surface area contributed by atoms with Gasteiger partial charge in [-0.1, -0.05) is 25.4 Å². The molecule has 0 aliphatic rings. The van der Waals surface area contributed by atoms with Gasteiger partial charge in [0.15, 0.2) is 11.9 Å². The maximum atomic E-state index is 12.1. The number of nitrogens with zero attached hydrogens (tertiary/aromatic N) is 2. The lowest BCUT2D eigenvalue weighted by atomic mass is 9.99. The Morgan fingerprint density at radius 3 is 2.44 bits per heavy atom. The predicted octanol–water partition coefficient (Wildman–Crippen LogP) is -0.718. The molecule has 1 rings (SSSR count). The molecule has 11 heteroatoms. The zero-order chi connectivity index (χ0) is 19.1. The molecule has 1 unspecified atom stereocenters. The molecule has 25 heavy (non-hydrogen) atoms. The number of carbonyl (C=O) groups is 2. The first-order valence-electron chi connectivity index (χ1n) is 7.89. The van der Waals surface area contributed by atoms with Crippen LogP contribution in [0.5, 0.6) is 0 Å². The first-order valence-corrected chi connectivity index (χ1v) is 7.89. The molecular formula is C14H25N5O6. The van der Waals surface area contributed by atoms with E-state index in [1.807, 2.05) is 13.8 Å². The number of nitrogens with one attached hydrogen (secondary N) is 2. The number of nitrogens with two attached hydrogens (primary N) is 1. The molecular weight excluding hydrogens is 334 g/mol. The van der Waals surface area contributed by atoms with Crippen LogP contribution in [0.1, 0.15) is 51.0 Å². The number of hydrogen-bond donors (Lipinski definition) is 6. The quantitative estimate of drug-likeness (QED) is 0.331. The molecule has 142 valence electrons. The van der Waals surface area contributed by atoms with Crippen LogP contribution in [0.15, 0.2) is 4.52 Å². The fraction of sp³-hybridized carbons (Fsp3) is 0.714. The highest BCUT2D eigenvalue weighted by Crippen LogP contribution is 2.23. The number of aliphatic hydroxyl groups excluding tert-OH is 2. The van der Waals surface area contributed by atoms with Crippen molar-refractivity contribution in [3.63, 3.8) is 0 Å². The molecule has 11 nitrogen and oxygen atoms in total. The summed E-state index contributed by atoms with van der Waals surface area (Å²) in [5, 5.41) is 35.9. The van der Waals surface area contributed by atoms with Gasteiger partial charge in [0.05, 0.1) is 18.8 Å². The van der Waals surface area contributed by atoms with Crippen LogP contribution in [0.4, 0.5) is 4.79 Å². The Bertz CT molecular complexity index is 578. The number of carboxylic acids is 1. The summed E-state index contributed by atoms with van der Waals surface area (Å²) in [5.74, 6) is -1.29. The van der Waals surface area contributed by atoms with Gasteiger partial charge in [-0.05, 0) is 12.8 Å². The van der Waals surface area contributed by atoms with E-state index in [2.05, 4.69) is 20.8 Å². The highest BCUT2D eigenvalue weighted by Gasteiger charge is 2.30. The molecule has 5 atom stereocenters. The second-order valence-corrected chi connectivity index (χ2v) is 5.82. The van der Waals surface area contributed by atoms with Gasteiger partial charge in [0.2, 0.25) is 5.89 Å².